The largest absolute Gasteiger partial charge is 0.493 e. The standard InChI is InChI=1S/C42H38IN3O5S/c1-5-7-18-33(6-2)46-41(49)34(23-30-24-35(43)39(36(25-30)50-4)51-26-29-21-19-28(3)20-22-29)40(48)45-42(46)52-27-37(47)44-38(31-14-10-8-11-15-31)32-16-12-9-13-17-32/h5-25,38H,1,26-27H2,2-4H3,(H,44,47)/b18-7-,33-6+,34-23+. The Hall–Kier alpha value is -5.20. The van der Waals surface area contributed by atoms with Gasteiger partial charge in [-0.3, -0.25) is 19.3 Å². The SMILES string of the molecule is C=C/C=C\C(=C/C)N1C(=O)/C(=C/c2cc(I)c(OCc3ccc(C)cc3)c(OC)c2)C(=O)N=C1SCC(=O)NC(c1ccccc1)c1ccccc1. The van der Waals surface area contributed by atoms with Gasteiger partial charge in [-0.25, -0.2) is 0 Å². The van der Waals surface area contributed by atoms with Gasteiger partial charge in [0.1, 0.15) is 12.2 Å². The molecular weight excluding hydrogens is 785 g/mol. The van der Waals surface area contributed by atoms with Gasteiger partial charge in [0, 0.05) is 5.70 Å². The summed E-state index contributed by atoms with van der Waals surface area (Å²) in [7, 11) is 1.54. The van der Waals surface area contributed by atoms with E-state index >= 15 is 0 Å². The smallest absolute Gasteiger partial charge is 0.285 e. The van der Waals surface area contributed by atoms with Crippen molar-refractivity contribution in [2.45, 2.75) is 26.5 Å². The van der Waals surface area contributed by atoms with E-state index in [2.05, 4.69) is 39.5 Å². The van der Waals surface area contributed by atoms with Crippen molar-refractivity contribution in [1.29, 1.82) is 0 Å². The first-order valence-electron chi connectivity index (χ1n) is 16.4. The summed E-state index contributed by atoms with van der Waals surface area (Å²) in [5.41, 5.74) is 4.90. The molecule has 0 spiro atoms. The van der Waals surface area contributed by atoms with Crippen LogP contribution in [0.5, 0.6) is 11.5 Å². The zero-order chi connectivity index (χ0) is 37.0. The summed E-state index contributed by atoms with van der Waals surface area (Å²) >= 11 is 3.16. The van der Waals surface area contributed by atoms with Gasteiger partial charge in [0.15, 0.2) is 16.7 Å². The van der Waals surface area contributed by atoms with E-state index in [0.29, 0.717) is 29.4 Å². The molecule has 0 aromatic heterocycles. The van der Waals surface area contributed by atoms with Gasteiger partial charge in [0.25, 0.3) is 11.8 Å². The molecule has 0 aliphatic carbocycles. The minimum atomic E-state index is -0.715. The van der Waals surface area contributed by atoms with Crippen molar-refractivity contribution in [3.63, 3.8) is 0 Å². The topological polar surface area (TPSA) is 97.3 Å². The molecule has 8 nitrogen and oxygen atoms in total. The number of thioether (sulfide) groups is 1. The molecule has 0 saturated carbocycles. The highest BCUT2D eigenvalue weighted by molar-refractivity contribution is 14.1. The molecule has 1 heterocycles. The Morgan fingerprint density at radius 2 is 1.65 bits per heavy atom. The third-order valence-electron chi connectivity index (χ3n) is 7.98. The number of allylic oxidation sites excluding steroid dienone is 4. The number of hydrogen-bond acceptors (Lipinski definition) is 6. The normalized spacial score (nSPS) is 14.2. The third-order valence-corrected chi connectivity index (χ3v) is 9.72. The van der Waals surface area contributed by atoms with Gasteiger partial charge in [-0.15, -0.1) is 0 Å². The summed E-state index contributed by atoms with van der Waals surface area (Å²) in [6.07, 6.45) is 8.19. The highest BCUT2D eigenvalue weighted by atomic mass is 127. The Kier molecular flexibility index (Phi) is 13.4. The number of benzene rings is 4. The number of amides is 3. The lowest BCUT2D eigenvalue weighted by Crippen LogP contribution is -2.42. The van der Waals surface area contributed by atoms with E-state index in [1.54, 1.807) is 37.3 Å². The summed E-state index contributed by atoms with van der Waals surface area (Å²) in [6.45, 7) is 7.89. The maximum Gasteiger partial charge on any atom is 0.285 e. The van der Waals surface area contributed by atoms with E-state index in [-0.39, 0.29) is 22.4 Å². The van der Waals surface area contributed by atoms with Crippen LogP contribution in [0.4, 0.5) is 0 Å². The van der Waals surface area contributed by atoms with Crippen molar-refractivity contribution < 1.29 is 23.9 Å². The molecule has 0 saturated heterocycles. The van der Waals surface area contributed by atoms with Gasteiger partial charge < -0.3 is 14.8 Å². The van der Waals surface area contributed by atoms with Gasteiger partial charge in [-0.05, 0) is 83.0 Å². The van der Waals surface area contributed by atoms with E-state index in [1.807, 2.05) is 97.9 Å². The van der Waals surface area contributed by atoms with Crippen molar-refractivity contribution >= 4 is 63.3 Å². The zero-order valence-corrected chi connectivity index (χ0v) is 32.0. The molecule has 5 rings (SSSR count). The molecular formula is C42H38IN3O5S. The fraction of sp³-hybridized carbons (Fsp3) is 0.143. The number of aryl methyl sites for hydroxylation is 1. The molecule has 1 N–H and O–H groups in total. The van der Waals surface area contributed by atoms with E-state index in [9.17, 15) is 14.4 Å². The van der Waals surface area contributed by atoms with E-state index in [0.717, 1.165) is 37.6 Å². The van der Waals surface area contributed by atoms with Crippen molar-refractivity contribution in [1.82, 2.24) is 10.2 Å². The fourth-order valence-electron chi connectivity index (χ4n) is 5.36. The van der Waals surface area contributed by atoms with Crippen LogP contribution in [0.25, 0.3) is 6.08 Å². The van der Waals surface area contributed by atoms with Gasteiger partial charge in [-0.2, -0.15) is 4.99 Å². The number of aliphatic imine (C=N–C) groups is 1. The Labute approximate surface area is 322 Å². The monoisotopic (exact) mass is 823 g/mol. The molecule has 4 aromatic rings. The Balaban J connectivity index is 1.41. The average Bonchev–Trinajstić information content (AvgIpc) is 3.16. The number of halogens is 1. The highest BCUT2D eigenvalue weighted by Gasteiger charge is 2.35. The van der Waals surface area contributed by atoms with Gasteiger partial charge >= 0.3 is 0 Å². The maximum absolute atomic E-state index is 14.2. The summed E-state index contributed by atoms with van der Waals surface area (Å²) in [6, 6.07) is 30.6. The number of carbonyl (C=O) groups is 3. The summed E-state index contributed by atoms with van der Waals surface area (Å²) in [5.74, 6) is -0.668. The first-order valence-corrected chi connectivity index (χ1v) is 18.5. The fourth-order valence-corrected chi connectivity index (χ4v) is 6.95. The van der Waals surface area contributed by atoms with Gasteiger partial charge in [0.2, 0.25) is 5.91 Å². The van der Waals surface area contributed by atoms with Crippen molar-refractivity contribution in [3.8, 4) is 11.5 Å². The Bertz CT molecular complexity index is 2020. The average molecular weight is 824 g/mol. The van der Waals surface area contributed by atoms with E-state index in [1.165, 1.54) is 18.1 Å². The van der Waals surface area contributed by atoms with E-state index < -0.39 is 17.9 Å². The second-order valence-corrected chi connectivity index (χ2v) is 13.7. The lowest BCUT2D eigenvalue weighted by molar-refractivity contribution is -0.126. The molecule has 0 unspecified atom stereocenters. The number of rotatable bonds is 13. The second-order valence-electron chi connectivity index (χ2n) is 11.6. The Morgan fingerprint density at radius 3 is 2.25 bits per heavy atom. The highest BCUT2D eigenvalue weighted by Crippen LogP contribution is 2.36. The molecule has 264 valence electrons. The van der Waals surface area contributed by atoms with Crippen LogP contribution in [0.3, 0.4) is 0 Å². The maximum atomic E-state index is 14.2. The summed E-state index contributed by atoms with van der Waals surface area (Å²) < 4.78 is 12.5. The molecule has 0 radical (unpaired) electrons. The third kappa shape index (κ3) is 9.56. The minimum Gasteiger partial charge on any atom is -0.493 e. The minimum absolute atomic E-state index is 0.0899. The van der Waals surface area contributed by atoms with E-state index in [4.69, 9.17) is 9.47 Å². The molecule has 0 fully saturated rings. The van der Waals surface area contributed by atoms with Gasteiger partial charge in [-0.1, -0.05) is 127 Å². The van der Waals surface area contributed by atoms with Crippen LogP contribution in [0.1, 0.15) is 40.8 Å². The molecule has 0 atom stereocenters. The van der Waals surface area contributed by atoms with Crippen LogP contribution in [-0.2, 0) is 21.0 Å². The van der Waals surface area contributed by atoms with Crippen molar-refractivity contribution in [2.75, 3.05) is 12.9 Å². The van der Waals surface area contributed by atoms with Crippen molar-refractivity contribution in [2.24, 2.45) is 4.99 Å². The number of carbonyl (C=O) groups excluding carboxylic acids is 3. The molecule has 1 aliphatic rings. The predicted molar refractivity (Wildman–Crippen MR) is 217 cm³/mol. The van der Waals surface area contributed by atoms with Crippen LogP contribution in [-0.4, -0.2) is 40.7 Å². The molecule has 52 heavy (non-hydrogen) atoms. The number of ether oxygens (including phenoxy) is 2. The Morgan fingerprint density at radius 1 is 1.00 bits per heavy atom. The van der Waals surface area contributed by atoms with Crippen molar-refractivity contribution in [3.05, 3.63) is 171 Å². The van der Waals surface area contributed by atoms with Crippen LogP contribution >= 0.6 is 34.4 Å². The molecule has 10 heteroatoms. The summed E-state index contributed by atoms with van der Waals surface area (Å²) in [4.78, 5) is 46.8. The lowest BCUT2D eigenvalue weighted by atomic mass is 9.99. The molecule has 4 aromatic carbocycles. The number of amidine groups is 1. The number of methoxy groups -OCH3 is 1. The van der Waals surface area contributed by atoms with Crippen LogP contribution < -0.4 is 14.8 Å². The molecule has 1 aliphatic heterocycles. The number of nitrogens with one attached hydrogen (secondary N) is 1. The quantitative estimate of drug-likeness (QED) is 0.0629. The summed E-state index contributed by atoms with van der Waals surface area (Å²) in [5, 5.41) is 3.20. The van der Waals surface area contributed by atoms with Crippen LogP contribution in [0.2, 0.25) is 0 Å². The van der Waals surface area contributed by atoms with Crippen LogP contribution in [0.15, 0.2) is 144 Å². The lowest BCUT2D eigenvalue weighted by Gasteiger charge is -2.28. The second kappa shape index (κ2) is 18.3. The molecule has 3 amide bonds. The molecule has 0 bridgehead atoms. The number of nitrogens with zero attached hydrogens (tertiary/aromatic N) is 2. The first-order chi connectivity index (χ1) is 25.2. The first kappa shape index (κ1) is 38.0. The number of hydrogen-bond donors (Lipinski definition) is 1. The van der Waals surface area contributed by atoms with Crippen LogP contribution in [0, 0.1) is 10.5 Å². The zero-order valence-electron chi connectivity index (χ0n) is 29.0. The predicted octanol–water partition coefficient (Wildman–Crippen LogP) is 8.58. The van der Waals surface area contributed by atoms with Gasteiger partial charge in [0.05, 0.1) is 22.5 Å².